The Morgan fingerprint density at radius 2 is 1.57 bits per heavy atom. The average Bonchev–Trinajstić information content (AvgIpc) is 2.81. The van der Waals surface area contributed by atoms with Gasteiger partial charge in [0.25, 0.3) is 0 Å². The zero-order valence-electron chi connectivity index (χ0n) is 18.7. The third-order valence-electron chi connectivity index (χ3n) is 6.16. The summed E-state index contributed by atoms with van der Waals surface area (Å²) < 4.78 is 5.65. The van der Waals surface area contributed by atoms with E-state index in [0.717, 1.165) is 30.4 Å². The molecular weight excluding hydrogens is 368 g/mol. The van der Waals surface area contributed by atoms with E-state index in [4.69, 9.17) is 4.74 Å². The fourth-order valence-electron chi connectivity index (χ4n) is 4.24. The van der Waals surface area contributed by atoms with Crippen LogP contribution < -0.4 is 4.74 Å². The molecule has 0 bridgehead atoms. The third-order valence-corrected chi connectivity index (χ3v) is 6.16. The molecule has 1 aromatic carbocycles. The van der Waals surface area contributed by atoms with Gasteiger partial charge in [0, 0.05) is 5.56 Å². The molecule has 30 heavy (non-hydrogen) atoms. The first-order valence-corrected chi connectivity index (χ1v) is 11.8. The number of unbranched alkanes of at least 4 members (excludes halogenated alkanes) is 3. The Morgan fingerprint density at radius 3 is 2.23 bits per heavy atom. The molecule has 1 heterocycles. The second-order valence-corrected chi connectivity index (χ2v) is 8.53. The lowest BCUT2D eigenvalue weighted by atomic mass is 9.77. The van der Waals surface area contributed by atoms with Crippen LogP contribution in [0.3, 0.4) is 0 Å². The Morgan fingerprint density at radius 1 is 0.867 bits per heavy atom. The zero-order valence-corrected chi connectivity index (χ0v) is 18.7. The molecule has 160 valence electrons. The maximum Gasteiger partial charge on any atom is 0.205 e. The number of hydrogen-bond donors (Lipinski definition) is 0. The highest BCUT2D eigenvalue weighted by Gasteiger charge is 2.21. The van der Waals surface area contributed by atoms with Crippen LogP contribution in [0.4, 0.5) is 0 Å². The second-order valence-electron chi connectivity index (χ2n) is 8.53. The third kappa shape index (κ3) is 7.17. The van der Waals surface area contributed by atoms with Crippen molar-refractivity contribution in [3.63, 3.8) is 0 Å². The summed E-state index contributed by atoms with van der Waals surface area (Å²) in [6, 6.07) is 8.79. The summed E-state index contributed by atoms with van der Waals surface area (Å²) in [5, 5.41) is 0. The fraction of sp³-hybridized carbons (Fsp3) is 0.556. The van der Waals surface area contributed by atoms with E-state index in [1.807, 2.05) is 0 Å². The van der Waals surface area contributed by atoms with Crippen molar-refractivity contribution in [2.24, 2.45) is 5.92 Å². The van der Waals surface area contributed by atoms with E-state index < -0.39 is 0 Å². The van der Waals surface area contributed by atoms with Crippen molar-refractivity contribution in [2.45, 2.75) is 84.0 Å². The van der Waals surface area contributed by atoms with E-state index in [0.29, 0.717) is 11.6 Å². The van der Waals surface area contributed by atoms with Crippen molar-refractivity contribution < 1.29 is 4.74 Å². The summed E-state index contributed by atoms with van der Waals surface area (Å²) in [5.74, 6) is 9.17. The summed E-state index contributed by atoms with van der Waals surface area (Å²) in [6.45, 7) is 5.19. The van der Waals surface area contributed by atoms with Crippen LogP contribution in [0.15, 0.2) is 36.7 Å². The molecule has 2 aromatic rings. The molecule has 0 aliphatic heterocycles. The van der Waals surface area contributed by atoms with Gasteiger partial charge >= 0.3 is 0 Å². The molecule has 3 heteroatoms. The van der Waals surface area contributed by atoms with Crippen LogP contribution in [0.25, 0.3) is 0 Å². The highest BCUT2D eigenvalue weighted by molar-refractivity contribution is 5.40. The van der Waals surface area contributed by atoms with Gasteiger partial charge in [-0.3, -0.25) is 0 Å². The van der Waals surface area contributed by atoms with Gasteiger partial charge in [0.05, 0.1) is 19.0 Å². The highest BCUT2D eigenvalue weighted by atomic mass is 16.5. The number of benzene rings is 1. The van der Waals surface area contributed by atoms with Crippen LogP contribution in [0, 0.1) is 17.8 Å². The Bertz CT molecular complexity index is 793. The largest absolute Gasteiger partial charge is 0.490 e. The van der Waals surface area contributed by atoms with Crippen molar-refractivity contribution in [3.8, 4) is 17.6 Å². The Kier molecular flexibility index (Phi) is 9.22. The minimum atomic E-state index is 0.533. The van der Waals surface area contributed by atoms with Crippen molar-refractivity contribution >= 4 is 0 Å². The summed E-state index contributed by atoms with van der Waals surface area (Å²) in [4.78, 5) is 8.60. The van der Waals surface area contributed by atoms with Crippen molar-refractivity contribution in [1.29, 1.82) is 0 Å². The molecule has 0 atom stereocenters. The van der Waals surface area contributed by atoms with Crippen LogP contribution in [0.2, 0.25) is 0 Å². The second kappa shape index (κ2) is 12.4. The van der Waals surface area contributed by atoms with Gasteiger partial charge in [-0.25, -0.2) is 9.97 Å². The predicted octanol–water partition coefficient (Wildman–Crippen LogP) is 6.91. The average molecular weight is 405 g/mol. The molecule has 0 unspecified atom stereocenters. The van der Waals surface area contributed by atoms with E-state index in [-0.39, 0.29) is 0 Å². The Labute approximate surface area is 182 Å². The summed E-state index contributed by atoms with van der Waals surface area (Å²) in [7, 11) is 0. The fourth-order valence-corrected chi connectivity index (χ4v) is 4.24. The van der Waals surface area contributed by atoms with Crippen molar-refractivity contribution in [2.75, 3.05) is 6.61 Å². The first kappa shape index (κ1) is 22.3. The first-order chi connectivity index (χ1) is 14.8. The summed E-state index contributed by atoms with van der Waals surface area (Å²) in [6.07, 6.45) is 16.4. The molecule has 1 aromatic heterocycles. The van der Waals surface area contributed by atoms with Crippen molar-refractivity contribution in [3.05, 3.63) is 53.6 Å². The van der Waals surface area contributed by atoms with Gasteiger partial charge in [-0.05, 0) is 67.6 Å². The Balaban J connectivity index is 1.49. The maximum atomic E-state index is 5.65. The van der Waals surface area contributed by atoms with Crippen LogP contribution in [0.5, 0.6) is 5.75 Å². The van der Waals surface area contributed by atoms with Gasteiger partial charge < -0.3 is 4.74 Å². The van der Waals surface area contributed by atoms with Crippen LogP contribution in [-0.2, 0) is 0 Å². The lowest BCUT2D eigenvalue weighted by Gasteiger charge is -2.28. The number of rotatable bonds is 9. The molecule has 0 amide bonds. The molecule has 3 rings (SSSR count). The molecule has 1 fully saturated rings. The minimum Gasteiger partial charge on any atom is -0.490 e. The van der Waals surface area contributed by atoms with E-state index in [2.05, 4.69) is 59.9 Å². The SMILES string of the molecule is CCCCCOc1cnc(C#Cc2ccc([C@H]3CC[C@H](CCCC)CC3)cc2)nc1. The molecule has 0 spiro atoms. The zero-order chi connectivity index (χ0) is 21.0. The van der Waals surface area contributed by atoms with E-state index in [1.54, 1.807) is 12.4 Å². The lowest BCUT2D eigenvalue weighted by Crippen LogP contribution is -2.13. The van der Waals surface area contributed by atoms with Gasteiger partial charge in [0.1, 0.15) is 0 Å². The summed E-state index contributed by atoms with van der Waals surface area (Å²) in [5.41, 5.74) is 2.48. The minimum absolute atomic E-state index is 0.533. The van der Waals surface area contributed by atoms with Crippen LogP contribution in [0.1, 0.15) is 101 Å². The standard InChI is InChI=1S/C27H36N2O/c1-3-5-7-19-30-26-20-28-27(29-21-26)18-13-23-11-16-25(17-12-23)24-14-9-22(10-15-24)8-6-4-2/h11-12,16-17,20-22,24H,3-10,14-15,19H2,1-2H3/t22-,24-. The monoisotopic (exact) mass is 404 g/mol. The van der Waals surface area contributed by atoms with E-state index in [9.17, 15) is 0 Å². The van der Waals surface area contributed by atoms with Gasteiger partial charge in [-0.15, -0.1) is 0 Å². The van der Waals surface area contributed by atoms with Gasteiger partial charge in [-0.2, -0.15) is 0 Å². The van der Waals surface area contributed by atoms with Gasteiger partial charge in [-0.1, -0.05) is 64.0 Å². The quantitative estimate of drug-likeness (QED) is 0.336. The number of ether oxygens (including phenoxy) is 1. The van der Waals surface area contributed by atoms with E-state index >= 15 is 0 Å². The topological polar surface area (TPSA) is 35.0 Å². The smallest absolute Gasteiger partial charge is 0.205 e. The lowest BCUT2D eigenvalue weighted by molar-refractivity contribution is 0.304. The van der Waals surface area contributed by atoms with E-state index in [1.165, 1.54) is 63.4 Å². The van der Waals surface area contributed by atoms with Crippen molar-refractivity contribution in [1.82, 2.24) is 9.97 Å². The molecule has 0 N–H and O–H groups in total. The van der Waals surface area contributed by atoms with Crippen LogP contribution >= 0.6 is 0 Å². The number of hydrogen-bond acceptors (Lipinski definition) is 3. The summed E-state index contributed by atoms with van der Waals surface area (Å²) >= 11 is 0. The predicted molar refractivity (Wildman–Crippen MR) is 124 cm³/mol. The molecule has 3 nitrogen and oxygen atoms in total. The molecule has 0 saturated heterocycles. The number of aromatic nitrogens is 2. The van der Waals surface area contributed by atoms with Gasteiger partial charge in [0.2, 0.25) is 5.82 Å². The Hall–Kier alpha value is -2.34. The molecule has 1 aliphatic rings. The molecule has 0 radical (unpaired) electrons. The van der Waals surface area contributed by atoms with Gasteiger partial charge in [0.15, 0.2) is 5.75 Å². The molecule has 1 saturated carbocycles. The number of nitrogens with zero attached hydrogens (tertiary/aromatic N) is 2. The normalized spacial score (nSPS) is 18.5. The maximum absolute atomic E-state index is 5.65. The molecule has 1 aliphatic carbocycles. The van der Waals surface area contributed by atoms with Crippen LogP contribution in [-0.4, -0.2) is 16.6 Å². The molecular formula is C27H36N2O. The first-order valence-electron chi connectivity index (χ1n) is 11.8. The highest BCUT2D eigenvalue weighted by Crippen LogP contribution is 2.37.